The van der Waals surface area contributed by atoms with Crippen LogP contribution in [0.5, 0.6) is 5.75 Å². The molecule has 0 aromatic heterocycles. The zero-order valence-corrected chi connectivity index (χ0v) is 11.3. The Kier molecular flexibility index (Phi) is 4.95. The number of hydrogen-bond donors (Lipinski definition) is 0. The minimum atomic E-state index is -4.24. The second kappa shape index (κ2) is 6.70. The molecule has 0 atom stereocenters. The van der Waals surface area contributed by atoms with Crippen molar-refractivity contribution in [3.63, 3.8) is 0 Å². The molecule has 0 amide bonds. The maximum Gasteiger partial charge on any atom is 0.446 e. The largest absolute Gasteiger partial charge is 0.493 e. The van der Waals surface area contributed by atoms with E-state index in [9.17, 15) is 13.2 Å². The van der Waals surface area contributed by atoms with E-state index in [-0.39, 0.29) is 16.7 Å². The van der Waals surface area contributed by atoms with Gasteiger partial charge in [0.2, 0.25) is 0 Å². The third kappa shape index (κ3) is 5.17. The first-order valence-corrected chi connectivity index (χ1v) is 6.79. The Labute approximate surface area is 119 Å². The van der Waals surface area contributed by atoms with Gasteiger partial charge in [-0.3, -0.25) is 0 Å². The quantitative estimate of drug-likeness (QED) is 0.738. The zero-order valence-electron chi connectivity index (χ0n) is 10.5. The van der Waals surface area contributed by atoms with E-state index in [0.29, 0.717) is 18.8 Å². The summed E-state index contributed by atoms with van der Waals surface area (Å²) in [5.41, 5.74) is -3.30. The SMILES string of the molecule is FC(F)(F)Sc1ccc(CCOc2[c]cccc2)cc1. The predicted molar refractivity (Wildman–Crippen MR) is 72.8 cm³/mol. The van der Waals surface area contributed by atoms with Gasteiger partial charge in [0.05, 0.1) is 6.61 Å². The van der Waals surface area contributed by atoms with Crippen LogP contribution in [0.1, 0.15) is 5.56 Å². The van der Waals surface area contributed by atoms with Crippen molar-refractivity contribution >= 4 is 11.8 Å². The molecule has 0 heterocycles. The van der Waals surface area contributed by atoms with Crippen LogP contribution in [0.25, 0.3) is 0 Å². The summed E-state index contributed by atoms with van der Waals surface area (Å²) in [4.78, 5) is 0.193. The first-order chi connectivity index (χ1) is 9.53. The second-order valence-electron chi connectivity index (χ2n) is 4.02. The third-order valence-corrected chi connectivity index (χ3v) is 3.23. The van der Waals surface area contributed by atoms with Gasteiger partial charge in [-0.2, -0.15) is 13.2 Å². The Morgan fingerprint density at radius 3 is 2.40 bits per heavy atom. The molecule has 0 saturated carbocycles. The number of benzene rings is 2. The van der Waals surface area contributed by atoms with Crippen LogP contribution in [-0.2, 0) is 6.42 Å². The van der Waals surface area contributed by atoms with E-state index in [2.05, 4.69) is 6.07 Å². The predicted octanol–water partition coefficient (Wildman–Crippen LogP) is 4.72. The lowest BCUT2D eigenvalue weighted by molar-refractivity contribution is -0.0328. The van der Waals surface area contributed by atoms with Gasteiger partial charge in [0.1, 0.15) is 5.75 Å². The fourth-order valence-electron chi connectivity index (χ4n) is 1.60. The minimum absolute atomic E-state index is 0.106. The van der Waals surface area contributed by atoms with E-state index < -0.39 is 5.51 Å². The molecule has 0 saturated heterocycles. The van der Waals surface area contributed by atoms with Gasteiger partial charge in [-0.1, -0.05) is 30.3 Å². The summed E-state index contributed by atoms with van der Waals surface area (Å²) < 4.78 is 42.0. The van der Waals surface area contributed by atoms with Gasteiger partial charge in [-0.25, -0.2) is 0 Å². The molecule has 0 aliphatic carbocycles. The van der Waals surface area contributed by atoms with Crippen LogP contribution in [0, 0.1) is 6.07 Å². The summed E-state index contributed by atoms with van der Waals surface area (Å²) in [7, 11) is 0. The van der Waals surface area contributed by atoms with Crippen molar-refractivity contribution in [2.45, 2.75) is 16.8 Å². The van der Waals surface area contributed by atoms with Crippen LogP contribution in [0.2, 0.25) is 0 Å². The summed E-state index contributed by atoms with van der Waals surface area (Å²) in [5.74, 6) is 0.664. The molecule has 1 nitrogen and oxygen atoms in total. The summed E-state index contributed by atoms with van der Waals surface area (Å²) in [6.07, 6.45) is 0.639. The first-order valence-electron chi connectivity index (χ1n) is 5.97. The number of hydrogen-bond acceptors (Lipinski definition) is 2. The summed E-state index contributed by atoms with van der Waals surface area (Å²) in [6, 6.07) is 16.5. The lowest BCUT2D eigenvalue weighted by atomic mass is 10.2. The molecule has 0 aliphatic heterocycles. The molecule has 5 heteroatoms. The Bertz CT molecular complexity index is 523. The number of para-hydroxylation sites is 1. The van der Waals surface area contributed by atoms with Crippen molar-refractivity contribution in [3.8, 4) is 5.75 Å². The fourth-order valence-corrected chi connectivity index (χ4v) is 2.14. The lowest BCUT2D eigenvalue weighted by Crippen LogP contribution is -2.02. The highest BCUT2D eigenvalue weighted by molar-refractivity contribution is 8.00. The van der Waals surface area contributed by atoms with E-state index in [4.69, 9.17) is 4.74 Å². The van der Waals surface area contributed by atoms with Crippen molar-refractivity contribution in [2.24, 2.45) is 0 Å². The Hall–Kier alpha value is -1.62. The standard InChI is InChI=1S/C15H12F3OS/c16-15(17,18)20-14-8-6-12(7-9-14)10-11-19-13-4-2-1-3-5-13/h1-4,6-9H,10-11H2. The molecule has 0 unspecified atom stereocenters. The van der Waals surface area contributed by atoms with Crippen molar-refractivity contribution in [1.82, 2.24) is 0 Å². The fraction of sp³-hybridized carbons (Fsp3) is 0.200. The molecule has 2 aromatic carbocycles. The van der Waals surface area contributed by atoms with Crippen LogP contribution in [0.3, 0.4) is 0 Å². The van der Waals surface area contributed by atoms with E-state index in [0.717, 1.165) is 5.56 Å². The highest BCUT2D eigenvalue weighted by Crippen LogP contribution is 2.36. The van der Waals surface area contributed by atoms with Crippen LogP contribution >= 0.6 is 11.8 Å². The van der Waals surface area contributed by atoms with Crippen LogP contribution in [-0.4, -0.2) is 12.1 Å². The van der Waals surface area contributed by atoms with Gasteiger partial charge in [0.15, 0.2) is 0 Å². The topological polar surface area (TPSA) is 9.23 Å². The van der Waals surface area contributed by atoms with Crippen LogP contribution in [0.4, 0.5) is 13.2 Å². The van der Waals surface area contributed by atoms with E-state index in [1.54, 1.807) is 18.2 Å². The molecule has 105 valence electrons. The first kappa shape index (κ1) is 14.8. The Morgan fingerprint density at radius 1 is 1.05 bits per heavy atom. The average Bonchev–Trinajstić information content (AvgIpc) is 2.40. The van der Waals surface area contributed by atoms with E-state index >= 15 is 0 Å². The molecule has 1 radical (unpaired) electrons. The summed E-state index contributed by atoms with van der Waals surface area (Å²) >= 11 is -0.106. The van der Waals surface area contributed by atoms with E-state index in [1.807, 2.05) is 18.2 Å². The number of alkyl halides is 3. The maximum atomic E-state index is 12.2. The van der Waals surface area contributed by atoms with Gasteiger partial charge in [0.25, 0.3) is 0 Å². The number of thioether (sulfide) groups is 1. The van der Waals surface area contributed by atoms with Crippen molar-refractivity contribution in [3.05, 3.63) is 60.2 Å². The molecule has 2 aromatic rings. The van der Waals surface area contributed by atoms with Crippen LogP contribution < -0.4 is 4.74 Å². The summed E-state index contributed by atoms with van der Waals surface area (Å²) in [6.45, 7) is 0.465. The zero-order chi connectivity index (χ0) is 14.4. The van der Waals surface area contributed by atoms with Crippen molar-refractivity contribution in [2.75, 3.05) is 6.61 Å². The van der Waals surface area contributed by atoms with Crippen LogP contribution in [0.15, 0.2) is 53.4 Å². The normalized spacial score (nSPS) is 11.3. The van der Waals surface area contributed by atoms with Gasteiger partial charge in [-0.05, 0) is 35.5 Å². The lowest BCUT2D eigenvalue weighted by Gasteiger charge is -2.07. The Morgan fingerprint density at radius 2 is 1.80 bits per heavy atom. The number of rotatable bonds is 5. The smallest absolute Gasteiger partial charge is 0.446 e. The number of ether oxygens (including phenoxy) is 1. The highest BCUT2D eigenvalue weighted by atomic mass is 32.2. The Balaban J connectivity index is 1.82. The monoisotopic (exact) mass is 297 g/mol. The molecule has 0 fully saturated rings. The molecule has 0 N–H and O–H groups in total. The molecule has 20 heavy (non-hydrogen) atoms. The van der Waals surface area contributed by atoms with Gasteiger partial charge in [-0.15, -0.1) is 0 Å². The van der Waals surface area contributed by atoms with Crippen molar-refractivity contribution < 1.29 is 17.9 Å². The van der Waals surface area contributed by atoms with Crippen molar-refractivity contribution in [1.29, 1.82) is 0 Å². The summed E-state index contributed by atoms with van der Waals surface area (Å²) in [5, 5.41) is 0. The molecule has 0 aliphatic rings. The third-order valence-electron chi connectivity index (χ3n) is 2.49. The van der Waals surface area contributed by atoms with Gasteiger partial charge in [0, 0.05) is 17.4 Å². The van der Waals surface area contributed by atoms with Gasteiger partial charge < -0.3 is 4.74 Å². The second-order valence-corrected chi connectivity index (χ2v) is 5.16. The molecular formula is C15H12F3OS. The maximum absolute atomic E-state index is 12.2. The average molecular weight is 297 g/mol. The molecule has 0 spiro atoms. The molecule has 2 rings (SSSR count). The van der Waals surface area contributed by atoms with E-state index in [1.165, 1.54) is 12.1 Å². The molecule has 0 bridgehead atoms. The minimum Gasteiger partial charge on any atom is -0.493 e. The molecular weight excluding hydrogens is 285 g/mol. The van der Waals surface area contributed by atoms with Gasteiger partial charge >= 0.3 is 5.51 Å². The number of halogens is 3. The highest BCUT2D eigenvalue weighted by Gasteiger charge is 2.28.